The summed E-state index contributed by atoms with van der Waals surface area (Å²) in [4.78, 5) is 27.9. The van der Waals surface area contributed by atoms with Gasteiger partial charge in [0.1, 0.15) is 18.4 Å². The van der Waals surface area contributed by atoms with E-state index in [-0.39, 0.29) is 18.4 Å². The maximum Gasteiger partial charge on any atom is 0.244 e. The Kier molecular flexibility index (Phi) is 9.61. The highest BCUT2D eigenvalue weighted by Gasteiger charge is 2.31. The average molecular weight is 492 g/mol. The zero-order chi connectivity index (χ0) is 25.5. The van der Waals surface area contributed by atoms with E-state index in [4.69, 9.17) is 0 Å². The van der Waals surface area contributed by atoms with Gasteiger partial charge in [0, 0.05) is 13.1 Å². The molecule has 0 aliphatic carbocycles. The number of anilines is 1. The predicted molar refractivity (Wildman–Crippen MR) is 132 cm³/mol. The van der Waals surface area contributed by atoms with Crippen molar-refractivity contribution in [1.29, 1.82) is 0 Å². The first kappa shape index (κ1) is 27.3. The van der Waals surface area contributed by atoms with Crippen molar-refractivity contribution in [3.05, 3.63) is 65.5 Å². The smallest absolute Gasteiger partial charge is 0.244 e. The van der Waals surface area contributed by atoms with Gasteiger partial charge in [0.25, 0.3) is 0 Å². The van der Waals surface area contributed by atoms with Crippen molar-refractivity contribution in [2.45, 2.75) is 46.7 Å². The Morgan fingerprint density at radius 2 is 1.62 bits per heavy atom. The minimum Gasteiger partial charge on any atom is -0.354 e. The number of hydrogen-bond acceptors (Lipinski definition) is 4. The van der Waals surface area contributed by atoms with Gasteiger partial charge in [0.15, 0.2) is 0 Å². The summed E-state index contributed by atoms with van der Waals surface area (Å²) < 4.78 is 39.6. The van der Waals surface area contributed by atoms with E-state index in [1.807, 2.05) is 20.8 Å². The standard InChI is InChI=1S/C25H34FN3O4S/c1-6-23(25(31)27-15-18(2)3)28(16-20-9-11-21(26)12-10-20)24(30)17-29(34(5,32)33)22-13-7-19(4)8-14-22/h7-14,18,23H,6,15-17H2,1-5H3,(H,27,31)/t23-/m1/s1. The predicted octanol–water partition coefficient (Wildman–Crippen LogP) is 3.48. The number of carbonyl (C=O) groups is 2. The van der Waals surface area contributed by atoms with Crippen molar-refractivity contribution in [2.75, 3.05) is 23.7 Å². The van der Waals surface area contributed by atoms with Crippen LogP contribution in [-0.2, 0) is 26.2 Å². The third-order valence-electron chi connectivity index (χ3n) is 5.34. The summed E-state index contributed by atoms with van der Waals surface area (Å²) in [6, 6.07) is 11.7. The highest BCUT2D eigenvalue weighted by atomic mass is 32.2. The number of nitrogens with one attached hydrogen (secondary N) is 1. The van der Waals surface area contributed by atoms with Gasteiger partial charge in [0.2, 0.25) is 21.8 Å². The van der Waals surface area contributed by atoms with E-state index < -0.39 is 34.3 Å². The summed E-state index contributed by atoms with van der Waals surface area (Å²) in [6.45, 7) is 7.63. The van der Waals surface area contributed by atoms with Gasteiger partial charge in [0.05, 0.1) is 11.9 Å². The molecule has 0 aliphatic heterocycles. The van der Waals surface area contributed by atoms with Crippen molar-refractivity contribution < 1.29 is 22.4 Å². The fourth-order valence-corrected chi connectivity index (χ4v) is 4.30. The Balaban J connectivity index is 2.39. The fraction of sp³-hybridized carbons (Fsp3) is 0.440. The van der Waals surface area contributed by atoms with E-state index >= 15 is 0 Å². The first-order chi connectivity index (χ1) is 15.9. The van der Waals surface area contributed by atoms with Gasteiger partial charge in [-0.15, -0.1) is 0 Å². The van der Waals surface area contributed by atoms with Gasteiger partial charge in [-0.1, -0.05) is 50.6 Å². The molecule has 1 atom stereocenters. The summed E-state index contributed by atoms with van der Waals surface area (Å²) in [5.41, 5.74) is 1.95. The molecule has 0 spiro atoms. The maximum absolute atomic E-state index is 13.5. The molecule has 0 fully saturated rings. The number of benzene rings is 2. The van der Waals surface area contributed by atoms with E-state index in [0.29, 0.717) is 24.2 Å². The Labute approximate surface area is 202 Å². The maximum atomic E-state index is 13.5. The van der Waals surface area contributed by atoms with Crippen LogP contribution in [0.5, 0.6) is 0 Å². The number of hydrogen-bond donors (Lipinski definition) is 1. The Morgan fingerprint density at radius 1 is 1.03 bits per heavy atom. The molecule has 34 heavy (non-hydrogen) atoms. The fourth-order valence-electron chi connectivity index (χ4n) is 3.45. The van der Waals surface area contributed by atoms with Crippen LogP contribution in [0, 0.1) is 18.7 Å². The molecule has 7 nitrogen and oxygen atoms in total. The summed E-state index contributed by atoms with van der Waals surface area (Å²) in [6.07, 6.45) is 1.37. The molecular weight excluding hydrogens is 457 g/mol. The largest absolute Gasteiger partial charge is 0.354 e. The van der Waals surface area contributed by atoms with Crippen LogP contribution in [0.1, 0.15) is 38.3 Å². The second-order valence-corrected chi connectivity index (χ2v) is 10.7. The highest BCUT2D eigenvalue weighted by Crippen LogP contribution is 2.20. The molecule has 9 heteroatoms. The van der Waals surface area contributed by atoms with Crippen LogP contribution in [-0.4, -0.2) is 50.5 Å². The van der Waals surface area contributed by atoms with Gasteiger partial charge in [-0.2, -0.15) is 0 Å². The Bertz CT molecular complexity index is 1070. The SMILES string of the molecule is CC[C@H](C(=O)NCC(C)C)N(Cc1ccc(F)cc1)C(=O)CN(c1ccc(C)cc1)S(C)(=O)=O. The molecule has 2 aromatic rings. The van der Waals surface area contributed by atoms with Crippen molar-refractivity contribution in [3.8, 4) is 0 Å². The van der Waals surface area contributed by atoms with Crippen LogP contribution in [0.2, 0.25) is 0 Å². The molecule has 0 bridgehead atoms. The molecule has 0 unspecified atom stereocenters. The second kappa shape index (κ2) is 12.0. The number of rotatable bonds is 11. The third kappa shape index (κ3) is 7.83. The zero-order valence-electron chi connectivity index (χ0n) is 20.4. The molecule has 0 aliphatic rings. The van der Waals surface area contributed by atoms with Crippen molar-refractivity contribution >= 4 is 27.5 Å². The number of amides is 2. The van der Waals surface area contributed by atoms with Gasteiger partial charge < -0.3 is 10.2 Å². The normalized spacial score (nSPS) is 12.3. The highest BCUT2D eigenvalue weighted by molar-refractivity contribution is 7.92. The van der Waals surface area contributed by atoms with Crippen LogP contribution in [0.4, 0.5) is 10.1 Å². The zero-order valence-corrected chi connectivity index (χ0v) is 21.2. The van der Waals surface area contributed by atoms with Crippen LogP contribution in [0.3, 0.4) is 0 Å². The molecule has 186 valence electrons. The number of nitrogens with zero attached hydrogens (tertiary/aromatic N) is 2. The lowest BCUT2D eigenvalue weighted by atomic mass is 10.1. The van der Waals surface area contributed by atoms with Gasteiger partial charge in [-0.25, -0.2) is 12.8 Å². The molecule has 1 N–H and O–H groups in total. The van der Waals surface area contributed by atoms with E-state index in [1.165, 1.54) is 17.0 Å². The monoisotopic (exact) mass is 491 g/mol. The van der Waals surface area contributed by atoms with Crippen LogP contribution in [0.15, 0.2) is 48.5 Å². The molecule has 2 aromatic carbocycles. The second-order valence-electron chi connectivity index (χ2n) is 8.82. The molecule has 0 radical (unpaired) electrons. The average Bonchev–Trinajstić information content (AvgIpc) is 2.77. The Morgan fingerprint density at radius 3 is 2.12 bits per heavy atom. The summed E-state index contributed by atoms with van der Waals surface area (Å²) in [7, 11) is -3.78. The summed E-state index contributed by atoms with van der Waals surface area (Å²) >= 11 is 0. The lowest BCUT2D eigenvalue weighted by Gasteiger charge is -2.33. The molecule has 2 amide bonds. The quantitative estimate of drug-likeness (QED) is 0.521. The van der Waals surface area contributed by atoms with Gasteiger partial charge >= 0.3 is 0 Å². The number of aryl methyl sites for hydroxylation is 1. The van der Waals surface area contributed by atoms with E-state index in [1.54, 1.807) is 43.3 Å². The van der Waals surface area contributed by atoms with Crippen LogP contribution in [0.25, 0.3) is 0 Å². The number of sulfonamides is 1. The summed E-state index contributed by atoms with van der Waals surface area (Å²) in [5, 5.41) is 2.86. The van der Waals surface area contributed by atoms with Gasteiger partial charge in [-0.3, -0.25) is 13.9 Å². The van der Waals surface area contributed by atoms with Crippen molar-refractivity contribution in [3.63, 3.8) is 0 Å². The lowest BCUT2D eigenvalue weighted by Crippen LogP contribution is -2.52. The van der Waals surface area contributed by atoms with E-state index in [0.717, 1.165) is 16.1 Å². The van der Waals surface area contributed by atoms with Crippen molar-refractivity contribution in [2.24, 2.45) is 5.92 Å². The first-order valence-electron chi connectivity index (χ1n) is 11.3. The topological polar surface area (TPSA) is 86.8 Å². The van der Waals surface area contributed by atoms with E-state index in [2.05, 4.69) is 5.32 Å². The molecule has 0 saturated heterocycles. The molecule has 0 heterocycles. The minimum atomic E-state index is -3.78. The number of carbonyl (C=O) groups excluding carboxylic acids is 2. The van der Waals surface area contributed by atoms with Crippen LogP contribution < -0.4 is 9.62 Å². The molecule has 2 rings (SSSR count). The van der Waals surface area contributed by atoms with Gasteiger partial charge in [-0.05, 0) is 49.1 Å². The molecular formula is C25H34FN3O4S. The first-order valence-corrected chi connectivity index (χ1v) is 13.1. The van der Waals surface area contributed by atoms with Crippen LogP contribution >= 0.6 is 0 Å². The third-order valence-corrected chi connectivity index (χ3v) is 6.48. The molecule has 0 saturated carbocycles. The summed E-state index contributed by atoms with van der Waals surface area (Å²) in [5.74, 6) is -1.02. The minimum absolute atomic E-state index is 0.0399. The lowest BCUT2D eigenvalue weighted by molar-refractivity contribution is -0.140. The number of halogens is 1. The molecule has 0 aromatic heterocycles. The Hall–Kier alpha value is -2.94. The van der Waals surface area contributed by atoms with E-state index in [9.17, 15) is 22.4 Å². The van der Waals surface area contributed by atoms with Crippen molar-refractivity contribution in [1.82, 2.24) is 10.2 Å².